The summed E-state index contributed by atoms with van der Waals surface area (Å²) in [7, 11) is 0. The fourth-order valence-corrected chi connectivity index (χ4v) is 5.97. The number of carbonyl (C=O) groups excluding carboxylic acids is 3. The first-order valence-corrected chi connectivity index (χ1v) is 22.1. The highest BCUT2D eigenvalue weighted by Crippen LogP contribution is 2.14. The molecule has 6 heteroatoms. The fraction of sp³-hybridized carbons (Fsp3) is 0.766. The molecule has 0 aliphatic heterocycles. The molecule has 0 aliphatic rings. The average molecular weight is 743 g/mol. The molecule has 6 nitrogen and oxygen atoms in total. The maximum absolute atomic E-state index is 12.7. The van der Waals surface area contributed by atoms with Crippen molar-refractivity contribution < 1.29 is 28.6 Å². The van der Waals surface area contributed by atoms with Crippen molar-refractivity contribution in [3.63, 3.8) is 0 Å². The van der Waals surface area contributed by atoms with Gasteiger partial charge in [0, 0.05) is 19.3 Å². The van der Waals surface area contributed by atoms with Crippen LogP contribution in [-0.4, -0.2) is 37.2 Å². The van der Waals surface area contributed by atoms with Crippen LogP contribution in [0.15, 0.2) is 48.6 Å². The molecule has 0 rings (SSSR count). The SMILES string of the molecule is CC/C=C\C/C=C\C/C=C\CCCCCCC(=O)OCC(COC(=O)CCCCCC/C=C\CCCC)OC(=O)CCCCCCCCCCCCC. The molecule has 0 saturated heterocycles. The summed E-state index contributed by atoms with van der Waals surface area (Å²) < 4.78 is 16.6. The minimum atomic E-state index is -0.781. The van der Waals surface area contributed by atoms with Crippen molar-refractivity contribution in [3.8, 4) is 0 Å². The monoisotopic (exact) mass is 743 g/mol. The third-order valence-electron chi connectivity index (χ3n) is 9.32. The Bertz CT molecular complexity index is 949. The van der Waals surface area contributed by atoms with Crippen LogP contribution in [0.5, 0.6) is 0 Å². The van der Waals surface area contributed by atoms with E-state index in [9.17, 15) is 14.4 Å². The van der Waals surface area contributed by atoms with Gasteiger partial charge in [-0.2, -0.15) is 0 Å². The lowest BCUT2D eigenvalue weighted by molar-refractivity contribution is -0.167. The van der Waals surface area contributed by atoms with Gasteiger partial charge in [-0.1, -0.05) is 172 Å². The molecule has 53 heavy (non-hydrogen) atoms. The summed E-state index contributed by atoms with van der Waals surface area (Å²) in [6, 6.07) is 0. The van der Waals surface area contributed by atoms with E-state index in [4.69, 9.17) is 14.2 Å². The lowest BCUT2D eigenvalue weighted by Gasteiger charge is -2.18. The molecule has 0 spiro atoms. The summed E-state index contributed by atoms with van der Waals surface area (Å²) in [5.74, 6) is -0.923. The van der Waals surface area contributed by atoms with Gasteiger partial charge in [-0.15, -0.1) is 0 Å². The maximum Gasteiger partial charge on any atom is 0.306 e. The molecule has 1 atom stereocenters. The highest BCUT2D eigenvalue weighted by molar-refractivity contribution is 5.71. The van der Waals surface area contributed by atoms with Crippen molar-refractivity contribution in [3.05, 3.63) is 48.6 Å². The molecule has 0 aromatic carbocycles. The van der Waals surface area contributed by atoms with Gasteiger partial charge in [0.1, 0.15) is 13.2 Å². The third kappa shape index (κ3) is 40.4. The topological polar surface area (TPSA) is 78.9 Å². The number of carbonyl (C=O) groups is 3. The van der Waals surface area contributed by atoms with E-state index < -0.39 is 6.10 Å². The molecule has 0 aromatic rings. The summed E-state index contributed by atoms with van der Waals surface area (Å²) in [5, 5.41) is 0. The van der Waals surface area contributed by atoms with Gasteiger partial charge < -0.3 is 14.2 Å². The second-order valence-electron chi connectivity index (χ2n) is 14.6. The van der Waals surface area contributed by atoms with Gasteiger partial charge in [-0.25, -0.2) is 0 Å². The van der Waals surface area contributed by atoms with E-state index in [0.29, 0.717) is 19.3 Å². The second kappa shape index (κ2) is 42.1. The minimum absolute atomic E-state index is 0.0854. The lowest BCUT2D eigenvalue weighted by Crippen LogP contribution is -2.30. The van der Waals surface area contributed by atoms with Gasteiger partial charge in [-0.3, -0.25) is 14.4 Å². The number of hydrogen-bond donors (Lipinski definition) is 0. The zero-order chi connectivity index (χ0) is 38.7. The third-order valence-corrected chi connectivity index (χ3v) is 9.32. The van der Waals surface area contributed by atoms with E-state index in [2.05, 4.69) is 69.4 Å². The Labute approximate surface area is 327 Å². The molecule has 1 unspecified atom stereocenters. The van der Waals surface area contributed by atoms with Crippen LogP contribution < -0.4 is 0 Å². The van der Waals surface area contributed by atoms with E-state index in [1.807, 2.05) is 0 Å². The van der Waals surface area contributed by atoms with Crippen LogP contribution in [0.1, 0.15) is 213 Å². The predicted molar refractivity (Wildman–Crippen MR) is 224 cm³/mol. The Morgan fingerprint density at radius 3 is 1.23 bits per heavy atom. The first kappa shape index (κ1) is 50.4. The van der Waals surface area contributed by atoms with Crippen molar-refractivity contribution >= 4 is 17.9 Å². The Morgan fingerprint density at radius 2 is 0.755 bits per heavy atom. The molecule has 0 saturated carbocycles. The van der Waals surface area contributed by atoms with Gasteiger partial charge in [-0.05, 0) is 70.6 Å². The first-order valence-electron chi connectivity index (χ1n) is 22.1. The van der Waals surface area contributed by atoms with Crippen LogP contribution in [0.2, 0.25) is 0 Å². The smallest absolute Gasteiger partial charge is 0.306 e. The summed E-state index contributed by atoms with van der Waals surface area (Å²) in [6.07, 6.45) is 48.1. The fourth-order valence-electron chi connectivity index (χ4n) is 5.97. The van der Waals surface area contributed by atoms with E-state index in [-0.39, 0.29) is 31.1 Å². The van der Waals surface area contributed by atoms with Crippen molar-refractivity contribution in [2.24, 2.45) is 0 Å². The number of ether oxygens (including phenoxy) is 3. The van der Waals surface area contributed by atoms with Crippen molar-refractivity contribution in [1.82, 2.24) is 0 Å². The molecular formula is C47H82O6. The van der Waals surface area contributed by atoms with Crippen LogP contribution in [0.4, 0.5) is 0 Å². The molecular weight excluding hydrogens is 661 g/mol. The number of rotatable bonds is 39. The molecule has 0 aromatic heterocycles. The van der Waals surface area contributed by atoms with E-state index in [1.54, 1.807) is 0 Å². The zero-order valence-corrected chi connectivity index (χ0v) is 34.8. The van der Waals surface area contributed by atoms with Crippen LogP contribution in [0.3, 0.4) is 0 Å². The minimum Gasteiger partial charge on any atom is -0.462 e. The van der Waals surface area contributed by atoms with E-state index in [1.165, 1.54) is 64.2 Å². The molecule has 0 heterocycles. The highest BCUT2D eigenvalue weighted by Gasteiger charge is 2.19. The van der Waals surface area contributed by atoms with Crippen LogP contribution in [0, 0.1) is 0 Å². The largest absolute Gasteiger partial charge is 0.462 e. The molecule has 0 radical (unpaired) electrons. The van der Waals surface area contributed by atoms with Crippen molar-refractivity contribution in [2.45, 2.75) is 219 Å². The summed E-state index contributed by atoms with van der Waals surface area (Å²) in [4.78, 5) is 37.6. The standard InChI is InChI=1S/C47H82O6/c1-4-7-10-13-16-19-22-23-24-26-28-31-34-37-40-46(49)52-43-44(42-51-45(48)39-36-33-30-27-21-18-15-12-9-6-3)53-47(50)41-38-35-32-29-25-20-17-14-11-8-5-2/h7,10,15-16,18-19,23-24,44H,4-6,8-9,11-14,17,20-22,25-43H2,1-3H3/b10-7-,18-15-,19-16-,24-23-. The number of unbranched alkanes of at least 4 members (excludes halogenated alkanes) is 20. The number of hydrogen-bond acceptors (Lipinski definition) is 6. The Hall–Kier alpha value is -2.63. The van der Waals surface area contributed by atoms with E-state index >= 15 is 0 Å². The summed E-state index contributed by atoms with van der Waals surface area (Å²) >= 11 is 0. The molecule has 0 amide bonds. The maximum atomic E-state index is 12.7. The van der Waals surface area contributed by atoms with Crippen LogP contribution in [-0.2, 0) is 28.6 Å². The zero-order valence-electron chi connectivity index (χ0n) is 34.8. The Morgan fingerprint density at radius 1 is 0.396 bits per heavy atom. The molecule has 0 aliphatic carbocycles. The number of esters is 3. The molecule has 0 bridgehead atoms. The van der Waals surface area contributed by atoms with Gasteiger partial charge in [0.05, 0.1) is 0 Å². The predicted octanol–water partition coefficient (Wildman–Crippen LogP) is 14.0. The highest BCUT2D eigenvalue weighted by atomic mass is 16.6. The summed E-state index contributed by atoms with van der Waals surface area (Å²) in [6.45, 7) is 6.43. The quantitative estimate of drug-likeness (QED) is 0.0270. The van der Waals surface area contributed by atoms with Crippen LogP contribution in [0.25, 0.3) is 0 Å². The number of allylic oxidation sites excluding steroid dienone is 8. The molecule has 0 fully saturated rings. The Kier molecular flexibility index (Phi) is 40.0. The second-order valence-corrected chi connectivity index (χ2v) is 14.6. The normalized spacial score (nSPS) is 12.4. The van der Waals surface area contributed by atoms with Crippen LogP contribution >= 0.6 is 0 Å². The van der Waals surface area contributed by atoms with Crippen molar-refractivity contribution in [1.29, 1.82) is 0 Å². The first-order chi connectivity index (χ1) is 26.0. The van der Waals surface area contributed by atoms with Gasteiger partial charge >= 0.3 is 17.9 Å². The van der Waals surface area contributed by atoms with Gasteiger partial charge in [0.2, 0.25) is 0 Å². The summed E-state index contributed by atoms with van der Waals surface area (Å²) in [5.41, 5.74) is 0. The van der Waals surface area contributed by atoms with Gasteiger partial charge in [0.25, 0.3) is 0 Å². The lowest BCUT2D eigenvalue weighted by atomic mass is 10.1. The average Bonchev–Trinajstić information content (AvgIpc) is 3.15. The Balaban J connectivity index is 4.41. The van der Waals surface area contributed by atoms with Crippen molar-refractivity contribution in [2.75, 3.05) is 13.2 Å². The van der Waals surface area contributed by atoms with E-state index in [0.717, 1.165) is 109 Å². The van der Waals surface area contributed by atoms with Gasteiger partial charge in [0.15, 0.2) is 6.10 Å². The molecule has 0 N–H and O–H groups in total. The molecule has 306 valence electrons.